The van der Waals surface area contributed by atoms with E-state index in [0.717, 1.165) is 41.2 Å². The summed E-state index contributed by atoms with van der Waals surface area (Å²) in [5.41, 5.74) is 5.78. The summed E-state index contributed by atoms with van der Waals surface area (Å²) in [7, 11) is 9.18. The van der Waals surface area contributed by atoms with Crippen molar-refractivity contribution in [3.8, 4) is 17.2 Å². The van der Waals surface area contributed by atoms with Gasteiger partial charge in [-0.2, -0.15) is 0 Å². The molecule has 2 N–H and O–H groups in total. The molecule has 0 aliphatic rings. The Labute approximate surface area is 274 Å². The maximum atomic E-state index is 13.1. The number of carbonyl (C=O) groups excluding carboxylic acids is 1. The van der Waals surface area contributed by atoms with E-state index in [4.69, 9.17) is 14.5 Å². The first-order valence-corrected chi connectivity index (χ1v) is 15.3. The zero-order valence-electron chi connectivity index (χ0n) is 29.2. The highest BCUT2D eigenvalue weighted by molar-refractivity contribution is 6.02. The van der Waals surface area contributed by atoms with E-state index in [1.165, 1.54) is 6.08 Å². The number of nitrogens with zero attached hydrogens (tertiary/aromatic N) is 4. The van der Waals surface area contributed by atoms with Crippen LogP contribution in [0.15, 0.2) is 76.3 Å². The van der Waals surface area contributed by atoms with Gasteiger partial charge in [-0.15, -0.1) is 0 Å². The summed E-state index contributed by atoms with van der Waals surface area (Å²) in [5.74, 6) is 1.45. The zero-order valence-corrected chi connectivity index (χ0v) is 29.2. The molecule has 0 radical (unpaired) electrons. The van der Waals surface area contributed by atoms with Gasteiger partial charge in [0.2, 0.25) is 5.91 Å². The summed E-state index contributed by atoms with van der Waals surface area (Å²) in [6.07, 6.45) is 2.99. The monoisotopic (exact) mass is 630 g/mol. The molecule has 3 rings (SSSR count). The molecule has 0 aliphatic carbocycles. The van der Waals surface area contributed by atoms with Gasteiger partial charge in [0, 0.05) is 49.7 Å². The highest BCUT2D eigenvalue weighted by Gasteiger charge is 2.17. The number of anilines is 3. The van der Waals surface area contributed by atoms with E-state index in [0.29, 0.717) is 34.4 Å². The number of carbonyl (C=O) groups is 1. The fourth-order valence-electron chi connectivity index (χ4n) is 4.66. The Morgan fingerprint density at radius 2 is 1.61 bits per heavy atom. The molecular weight excluding hydrogens is 580 g/mol. The molecule has 10 nitrogen and oxygen atoms in total. The Balaban J connectivity index is 0.00000361. The minimum atomic E-state index is -0.319. The van der Waals surface area contributed by atoms with Crippen molar-refractivity contribution in [3.05, 3.63) is 93.7 Å². The van der Waals surface area contributed by atoms with Crippen LogP contribution in [-0.2, 0) is 4.79 Å². The number of aryl methyl sites for hydroxylation is 1. The lowest BCUT2D eigenvalue weighted by molar-refractivity contribution is -0.111. The minimum absolute atomic E-state index is 0.156. The number of nitrogens with one attached hydrogen (secondary N) is 2. The van der Waals surface area contributed by atoms with Gasteiger partial charge in [0.15, 0.2) is 0 Å². The Hall–Kier alpha value is -4.83. The number of aromatic nitrogens is 1. The number of benzene rings is 2. The second-order valence-corrected chi connectivity index (χ2v) is 10.9. The lowest BCUT2D eigenvalue weighted by atomic mass is 10.1. The van der Waals surface area contributed by atoms with Crippen LogP contribution in [-0.4, -0.2) is 70.0 Å². The molecule has 1 heterocycles. The van der Waals surface area contributed by atoms with E-state index in [1.54, 1.807) is 31.1 Å². The maximum absolute atomic E-state index is 13.1. The number of allylic oxidation sites excluding steroid dienone is 1. The molecule has 0 spiro atoms. The predicted octanol–water partition coefficient (Wildman–Crippen LogP) is 6.40. The van der Waals surface area contributed by atoms with Gasteiger partial charge >= 0.3 is 0 Å². The average molecular weight is 631 g/mol. The summed E-state index contributed by atoms with van der Waals surface area (Å²) in [4.78, 5) is 34.5. The topological polar surface area (TPSA) is 100 Å². The number of rotatable bonds is 13. The smallest absolute Gasteiger partial charge is 0.255 e. The van der Waals surface area contributed by atoms with Crippen molar-refractivity contribution in [2.75, 3.05) is 64.0 Å². The zero-order chi connectivity index (χ0) is 34.6. The molecule has 0 fully saturated rings. The second-order valence-electron chi connectivity index (χ2n) is 10.9. The van der Waals surface area contributed by atoms with E-state index in [9.17, 15) is 9.59 Å². The van der Waals surface area contributed by atoms with Crippen LogP contribution < -0.4 is 30.6 Å². The fourth-order valence-corrected chi connectivity index (χ4v) is 4.66. The number of methoxy groups -OCH3 is 2. The molecule has 3 aromatic rings. The molecule has 1 aromatic heterocycles. The number of aliphatic imine (C=N–C) groups is 1. The Morgan fingerprint density at radius 1 is 0.957 bits per heavy atom. The van der Waals surface area contributed by atoms with Gasteiger partial charge in [0.1, 0.15) is 17.3 Å². The van der Waals surface area contributed by atoms with Crippen LogP contribution in [0.5, 0.6) is 11.5 Å². The Morgan fingerprint density at radius 3 is 2.20 bits per heavy atom. The summed E-state index contributed by atoms with van der Waals surface area (Å²) in [6.45, 7) is 16.8. The summed E-state index contributed by atoms with van der Waals surface area (Å²) < 4.78 is 12.9. The van der Waals surface area contributed by atoms with Gasteiger partial charge in [-0.05, 0) is 77.2 Å². The van der Waals surface area contributed by atoms with Crippen LogP contribution in [0.2, 0.25) is 0 Å². The quantitative estimate of drug-likeness (QED) is 0.167. The van der Waals surface area contributed by atoms with E-state index >= 15 is 0 Å². The number of likely N-dealkylation sites (N-methyl/N-ethyl adjacent to an activating group) is 2. The summed E-state index contributed by atoms with van der Waals surface area (Å²) >= 11 is 0. The molecule has 0 bridgehead atoms. The molecule has 1 amide bonds. The molecule has 2 aromatic carbocycles. The lowest BCUT2D eigenvalue weighted by Crippen LogP contribution is -2.29. The summed E-state index contributed by atoms with van der Waals surface area (Å²) in [5, 5.41) is 6.32. The SMILES string of the molecule is C=CC(=O)Nc1cc(NC(/N=C\c2c(C)cc(=O)n(-c3ccccc3OC)c2C)=C(C)C)c(OC)cc1N(C)CCN(C)C.CC. The van der Waals surface area contributed by atoms with Crippen molar-refractivity contribution < 1.29 is 14.3 Å². The highest BCUT2D eigenvalue weighted by atomic mass is 16.5. The van der Waals surface area contributed by atoms with Crippen LogP contribution in [0.4, 0.5) is 17.1 Å². The third-order valence-corrected chi connectivity index (χ3v) is 7.14. The number of pyridine rings is 1. The number of amides is 1. The van der Waals surface area contributed by atoms with Gasteiger partial charge < -0.3 is 29.9 Å². The van der Waals surface area contributed by atoms with Gasteiger partial charge in [-0.1, -0.05) is 32.6 Å². The molecule has 0 aliphatic heterocycles. The van der Waals surface area contributed by atoms with Crippen molar-refractivity contribution in [2.24, 2.45) is 4.99 Å². The number of para-hydroxylation sites is 2. The van der Waals surface area contributed by atoms with Crippen molar-refractivity contribution >= 4 is 29.2 Å². The molecule has 248 valence electrons. The van der Waals surface area contributed by atoms with Crippen LogP contribution in [0.25, 0.3) is 5.69 Å². The van der Waals surface area contributed by atoms with Crippen molar-refractivity contribution in [1.29, 1.82) is 0 Å². The Kier molecular flexibility index (Phi) is 14.3. The first-order valence-electron chi connectivity index (χ1n) is 15.3. The Bertz CT molecular complexity index is 1630. The second kappa shape index (κ2) is 17.6. The molecule has 0 unspecified atom stereocenters. The molecule has 0 saturated carbocycles. The third-order valence-electron chi connectivity index (χ3n) is 7.14. The summed E-state index contributed by atoms with van der Waals surface area (Å²) in [6, 6.07) is 12.7. The van der Waals surface area contributed by atoms with E-state index in [1.807, 2.05) is 99.1 Å². The first-order chi connectivity index (χ1) is 21.9. The van der Waals surface area contributed by atoms with Gasteiger partial charge in [-0.3, -0.25) is 14.2 Å². The largest absolute Gasteiger partial charge is 0.495 e. The molecule has 10 heteroatoms. The van der Waals surface area contributed by atoms with Crippen LogP contribution >= 0.6 is 0 Å². The van der Waals surface area contributed by atoms with Gasteiger partial charge in [0.05, 0.1) is 37.0 Å². The third kappa shape index (κ3) is 9.34. The van der Waals surface area contributed by atoms with Crippen molar-refractivity contribution in [2.45, 2.75) is 41.5 Å². The van der Waals surface area contributed by atoms with E-state index < -0.39 is 0 Å². The number of hydrogen-bond acceptors (Lipinski definition) is 8. The first kappa shape index (κ1) is 37.4. The normalized spacial score (nSPS) is 10.6. The van der Waals surface area contributed by atoms with Crippen molar-refractivity contribution in [3.63, 3.8) is 0 Å². The number of ether oxygens (including phenoxy) is 2. The molecule has 46 heavy (non-hydrogen) atoms. The van der Waals surface area contributed by atoms with E-state index in [2.05, 4.69) is 27.0 Å². The number of hydrogen-bond donors (Lipinski definition) is 2. The molecule has 0 atom stereocenters. The van der Waals surface area contributed by atoms with Crippen LogP contribution in [0.1, 0.15) is 44.5 Å². The van der Waals surface area contributed by atoms with Crippen molar-refractivity contribution in [1.82, 2.24) is 9.47 Å². The minimum Gasteiger partial charge on any atom is -0.495 e. The lowest BCUT2D eigenvalue weighted by Gasteiger charge is -2.26. The van der Waals surface area contributed by atoms with Gasteiger partial charge in [-0.25, -0.2) is 4.99 Å². The fraction of sp³-hybridized carbons (Fsp3) is 0.361. The highest BCUT2D eigenvalue weighted by Crippen LogP contribution is 2.38. The average Bonchev–Trinajstić information content (AvgIpc) is 3.03. The predicted molar refractivity (Wildman–Crippen MR) is 193 cm³/mol. The molecular formula is C36H50N6O4. The standard InChI is InChI=1S/C34H44N6O4.C2H6/c1-11-32(41)36-26-19-27(31(44-10)20-29(26)39(8)17-16-38(6)7)37-34(22(2)3)35-21-25-23(4)18-33(42)40(24(25)5)28-14-12-13-15-30(28)43-9;1-2/h11-15,18-21,37H,1,16-17H2,2-10H3,(H,36,41);1-2H3/b35-21-;. The van der Waals surface area contributed by atoms with Crippen LogP contribution in [0, 0.1) is 13.8 Å². The molecule has 0 saturated heterocycles. The van der Waals surface area contributed by atoms with Gasteiger partial charge in [0.25, 0.3) is 5.56 Å². The van der Waals surface area contributed by atoms with E-state index in [-0.39, 0.29) is 11.5 Å². The maximum Gasteiger partial charge on any atom is 0.255 e. The van der Waals surface area contributed by atoms with Crippen LogP contribution in [0.3, 0.4) is 0 Å².